The molecule has 0 amide bonds. The highest BCUT2D eigenvalue weighted by Gasteiger charge is 2.16. The summed E-state index contributed by atoms with van der Waals surface area (Å²) in [5, 5.41) is 3.43. The van der Waals surface area contributed by atoms with Crippen molar-refractivity contribution < 1.29 is 4.42 Å². The maximum Gasteiger partial charge on any atom is 0.227 e. The smallest absolute Gasteiger partial charge is 0.227 e. The molecule has 10 rings (SSSR count). The van der Waals surface area contributed by atoms with Crippen molar-refractivity contribution in [3.8, 4) is 33.2 Å². The van der Waals surface area contributed by atoms with Crippen LogP contribution in [0.15, 0.2) is 174 Å². The van der Waals surface area contributed by atoms with E-state index in [1.165, 1.54) is 20.5 Å². The highest BCUT2D eigenvalue weighted by molar-refractivity contribution is 7.22. The number of oxazole rings is 1. The standard InChI is InChI=1S/C45H28N4OS/c1-4-10-41-34(6-1)28-42(51-41)30-15-22-36(23-16-30)49(37-24-17-33(18-25-37)45-48-39-8-2-3-9-40(39)50-45)35-20-13-29(14-21-35)38-26-19-32-12-11-31-7-5-27-46-43(31)44(32)47-38/h1-28H. The van der Waals surface area contributed by atoms with Gasteiger partial charge in [0.2, 0.25) is 5.89 Å². The molecule has 0 fully saturated rings. The van der Waals surface area contributed by atoms with Gasteiger partial charge in [0, 0.05) is 54.7 Å². The number of fused-ring (bicyclic) bond motifs is 5. The summed E-state index contributed by atoms with van der Waals surface area (Å²) >= 11 is 1.82. The van der Waals surface area contributed by atoms with Crippen molar-refractivity contribution in [2.45, 2.75) is 0 Å². The molecule has 0 aliphatic rings. The van der Waals surface area contributed by atoms with E-state index in [2.05, 4.69) is 143 Å². The summed E-state index contributed by atoms with van der Waals surface area (Å²) in [6, 6.07) is 57.0. The molecular formula is C45H28N4OS. The van der Waals surface area contributed by atoms with Crippen LogP contribution < -0.4 is 4.90 Å². The minimum absolute atomic E-state index is 0.609. The molecular weight excluding hydrogens is 645 g/mol. The first-order chi connectivity index (χ1) is 25.2. The number of hydrogen-bond acceptors (Lipinski definition) is 6. The van der Waals surface area contributed by atoms with Gasteiger partial charge in [0.1, 0.15) is 5.52 Å². The van der Waals surface area contributed by atoms with Gasteiger partial charge in [0.15, 0.2) is 5.58 Å². The second-order valence-electron chi connectivity index (χ2n) is 12.5. The summed E-state index contributed by atoms with van der Waals surface area (Å²) in [7, 11) is 0. The number of rotatable bonds is 6. The van der Waals surface area contributed by atoms with E-state index >= 15 is 0 Å². The maximum absolute atomic E-state index is 6.07. The van der Waals surface area contributed by atoms with E-state index in [0.717, 1.165) is 66.8 Å². The zero-order valence-corrected chi connectivity index (χ0v) is 28.1. The Labute approximate surface area is 297 Å². The Hall–Kier alpha value is -6.63. The Balaban J connectivity index is 1.03. The zero-order valence-electron chi connectivity index (χ0n) is 27.3. The van der Waals surface area contributed by atoms with Gasteiger partial charge >= 0.3 is 0 Å². The van der Waals surface area contributed by atoms with Crippen LogP contribution >= 0.6 is 11.3 Å². The summed E-state index contributed by atoms with van der Waals surface area (Å²) in [6.45, 7) is 0. The van der Waals surface area contributed by atoms with Crippen molar-refractivity contribution in [1.82, 2.24) is 15.0 Å². The van der Waals surface area contributed by atoms with Gasteiger partial charge < -0.3 is 9.32 Å². The second kappa shape index (κ2) is 12.1. The van der Waals surface area contributed by atoms with Crippen LogP contribution in [0.4, 0.5) is 17.1 Å². The first-order valence-electron chi connectivity index (χ1n) is 16.8. The molecule has 0 aliphatic heterocycles. The number of thiophene rings is 1. The first-order valence-corrected chi connectivity index (χ1v) is 17.7. The quantitative estimate of drug-likeness (QED) is 0.165. The number of aromatic nitrogens is 3. The number of anilines is 3. The Kier molecular flexibility index (Phi) is 6.93. The van der Waals surface area contributed by atoms with Crippen LogP contribution in [0, 0.1) is 0 Å². The highest BCUT2D eigenvalue weighted by atomic mass is 32.1. The lowest BCUT2D eigenvalue weighted by Gasteiger charge is -2.26. The van der Waals surface area contributed by atoms with Crippen molar-refractivity contribution in [2.24, 2.45) is 0 Å². The lowest BCUT2D eigenvalue weighted by atomic mass is 10.1. The third kappa shape index (κ3) is 5.30. The van der Waals surface area contributed by atoms with Gasteiger partial charge in [0.25, 0.3) is 0 Å². The molecule has 0 bridgehead atoms. The van der Waals surface area contributed by atoms with E-state index in [9.17, 15) is 0 Å². The second-order valence-corrected chi connectivity index (χ2v) is 13.6. The van der Waals surface area contributed by atoms with Crippen LogP contribution in [0.3, 0.4) is 0 Å². The molecule has 4 heterocycles. The van der Waals surface area contributed by atoms with Gasteiger partial charge in [0.05, 0.1) is 16.7 Å². The van der Waals surface area contributed by atoms with Gasteiger partial charge in [-0.15, -0.1) is 11.3 Å². The lowest BCUT2D eigenvalue weighted by Crippen LogP contribution is -2.09. The third-order valence-corrected chi connectivity index (χ3v) is 10.5. The van der Waals surface area contributed by atoms with Crippen LogP contribution in [0.25, 0.3) is 76.1 Å². The van der Waals surface area contributed by atoms with E-state index < -0.39 is 0 Å². The highest BCUT2D eigenvalue weighted by Crippen LogP contribution is 2.39. The maximum atomic E-state index is 6.07. The zero-order chi connectivity index (χ0) is 33.7. The van der Waals surface area contributed by atoms with Gasteiger partial charge in [-0.3, -0.25) is 4.98 Å². The molecule has 0 saturated carbocycles. The fraction of sp³-hybridized carbons (Fsp3) is 0. The van der Waals surface area contributed by atoms with E-state index in [4.69, 9.17) is 14.4 Å². The van der Waals surface area contributed by atoms with Gasteiger partial charge in [-0.1, -0.05) is 78.9 Å². The number of hydrogen-bond donors (Lipinski definition) is 0. The minimum atomic E-state index is 0.609. The van der Waals surface area contributed by atoms with Gasteiger partial charge in [-0.05, 0) is 95.9 Å². The van der Waals surface area contributed by atoms with Crippen LogP contribution in [0.1, 0.15) is 0 Å². The van der Waals surface area contributed by atoms with Crippen molar-refractivity contribution in [2.75, 3.05) is 4.90 Å². The summed E-state index contributed by atoms with van der Waals surface area (Å²) < 4.78 is 7.37. The molecule has 51 heavy (non-hydrogen) atoms. The molecule has 5 nitrogen and oxygen atoms in total. The molecule has 0 radical (unpaired) electrons. The topological polar surface area (TPSA) is 55.1 Å². The molecule has 6 aromatic carbocycles. The van der Waals surface area contributed by atoms with E-state index in [0.29, 0.717) is 5.89 Å². The number of nitrogens with zero attached hydrogens (tertiary/aromatic N) is 4. The Morgan fingerprint density at radius 2 is 1.12 bits per heavy atom. The fourth-order valence-corrected chi connectivity index (χ4v) is 7.83. The summed E-state index contributed by atoms with van der Waals surface area (Å²) in [5.41, 5.74) is 10.7. The summed E-state index contributed by atoms with van der Waals surface area (Å²) in [4.78, 5) is 18.0. The number of para-hydroxylation sites is 2. The number of pyridine rings is 2. The van der Waals surface area contributed by atoms with Gasteiger partial charge in [-0.2, -0.15) is 0 Å². The average Bonchev–Trinajstić information content (AvgIpc) is 3.84. The molecule has 0 aliphatic carbocycles. The van der Waals surface area contributed by atoms with Crippen molar-refractivity contribution in [3.63, 3.8) is 0 Å². The van der Waals surface area contributed by atoms with Gasteiger partial charge in [-0.25, -0.2) is 9.97 Å². The third-order valence-electron chi connectivity index (χ3n) is 9.36. The summed E-state index contributed by atoms with van der Waals surface area (Å²) in [6.07, 6.45) is 1.83. The summed E-state index contributed by atoms with van der Waals surface area (Å²) in [5.74, 6) is 0.609. The predicted octanol–water partition coefficient (Wildman–Crippen LogP) is 12.6. The van der Waals surface area contributed by atoms with Crippen LogP contribution in [-0.4, -0.2) is 15.0 Å². The van der Waals surface area contributed by atoms with E-state index in [-0.39, 0.29) is 0 Å². The molecule has 10 aromatic rings. The SMILES string of the molecule is c1ccc2sc(-c3ccc(N(c4ccc(-c5ccc6ccc7cccnc7c6n5)cc4)c4ccc(-c5nc6ccccc6o5)cc4)cc3)cc2c1. The fourth-order valence-electron chi connectivity index (χ4n) is 6.76. The predicted molar refractivity (Wildman–Crippen MR) is 211 cm³/mol. The largest absolute Gasteiger partial charge is 0.436 e. The molecule has 0 unspecified atom stereocenters. The monoisotopic (exact) mass is 672 g/mol. The average molecular weight is 673 g/mol. The molecule has 0 saturated heterocycles. The van der Waals surface area contributed by atoms with Crippen LogP contribution in [0.5, 0.6) is 0 Å². The Morgan fingerprint density at radius 3 is 1.86 bits per heavy atom. The molecule has 0 N–H and O–H groups in total. The minimum Gasteiger partial charge on any atom is -0.436 e. The molecule has 0 spiro atoms. The van der Waals surface area contributed by atoms with Crippen molar-refractivity contribution >= 4 is 71.4 Å². The van der Waals surface area contributed by atoms with E-state index in [1.807, 2.05) is 47.9 Å². The first kappa shape index (κ1) is 29.3. The van der Waals surface area contributed by atoms with Crippen molar-refractivity contribution in [1.29, 1.82) is 0 Å². The normalized spacial score (nSPS) is 11.5. The van der Waals surface area contributed by atoms with Crippen LogP contribution in [0.2, 0.25) is 0 Å². The van der Waals surface area contributed by atoms with Crippen molar-refractivity contribution in [3.05, 3.63) is 170 Å². The molecule has 240 valence electrons. The Morgan fingerprint density at radius 1 is 0.490 bits per heavy atom. The molecule has 4 aromatic heterocycles. The van der Waals surface area contributed by atoms with Crippen LogP contribution in [-0.2, 0) is 0 Å². The molecule has 0 atom stereocenters. The van der Waals surface area contributed by atoms with E-state index in [1.54, 1.807) is 0 Å². The molecule has 6 heteroatoms. The number of benzene rings is 6. The Bertz CT molecular complexity index is 2670. The lowest BCUT2D eigenvalue weighted by molar-refractivity contribution is 0.620.